The predicted octanol–water partition coefficient (Wildman–Crippen LogP) is 2.95. The molecule has 270 valence electrons. The molecule has 0 spiro atoms. The normalized spacial score (nSPS) is 24.4. The number of Topliss-reactive ketones (excluding diaryl/α,β-unsaturated/α-hetero) is 1. The van der Waals surface area contributed by atoms with Crippen molar-refractivity contribution in [1.29, 1.82) is 0 Å². The summed E-state index contributed by atoms with van der Waals surface area (Å²) in [7, 11) is -1.06. The summed E-state index contributed by atoms with van der Waals surface area (Å²) < 4.78 is 14.7. The number of hydrogen-bond acceptors (Lipinski definition) is 6. The van der Waals surface area contributed by atoms with Crippen molar-refractivity contribution in [3.63, 3.8) is 0 Å². The van der Waals surface area contributed by atoms with Gasteiger partial charge in [-0.15, -0.1) is 6.58 Å². The Labute approximate surface area is 288 Å². The molecule has 4 fully saturated rings. The molecule has 2 saturated carbocycles. The van der Waals surface area contributed by atoms with Crippen molar-refractivity contribution in [2.45, 2.75) is 128 Å². The van der Waals surface area contributed by atoms with Crippen molar-refractivity contribution in [2.24, 2.45) is 17.3 Å². The molecule has 2 aliphatic heterocycles. The molecule has 2 unspecified atom stereocenters. The molecule has 0 aromatic rings. The third kappa shape index (κ3) is 10.4. The second kappa shape index (κ2) is 17.7. The lowest BCUT2D eigenvalue weighted by molar-refractivity contribution is -0.144. The molecular weight excluding hydrogens is 632 g/mol. The quantitative estimate of drug-likeness (QED) is 0.162. The summed E-state index contributed by atoms with van der Waals surface area (Å²) >= 11 is 0. The maximum Gasteiger partial charge on any atom is 0.315 e. The summed E-state index contributed by atoms with van der Waals surface area (Å²) in [4.78, 5) is 68.7. The first kappa shape index (κ1) is 38.0. The van der Waals surface area contributed by atoms with E-state index in [4.69, 9.17) is 0 Å². The number of urea groups is 1. The standard InChI is InChI=1S/C35H58N6O6S/c1-5-18-36-32(44)29(42)26(22-24-13-11-14-24)37-31(43)28-17-12-20-41(28)33(45)30(35(2,3)4)39-34(46)38-27(25-15-7-6-8-16-25)23-40-19-9-10-21-48(40)47/h5,24-28,30H,1,6-23H2,2-4H3,(H,36,44)(H,37,43)(H2,38,39,46)/t26?,27-,28+,30-,48?/m1/s1. The van der Waals surface area contributed by atoms with Gasteiger partial charge in [-0.1, -0.05) is 65.4 Å². The van der Waals surface area contributed by atoms with Gasteiger partial charge in [0.15, 0.2) is 0 Å². The van der Waals surface area contributed by atoms with Crippen molar-refractivity contribution in [2.75, 3.05) is 31.9 Å². The zero-order valence-corrected chi connectivity index (χ0v) is 30.0. The summed E-state index contributed by atoms with van der Waals surface area (Å²) in [5.41, 5.74) is -0.668. The summed E-state index contributed by atoms with van der Waals surface area (Å²) in [5, 5.41) is 11.5. The first-order chi connectivity index (χ1) is 22.9. The third-order valence-electron chi connectivity index (χ3n) is 10.5. The zero-order valence-electron chi connectivity index (χ0n) is 29.2. The Morgan fingerprint density at radius 2 is 1.60 bits per heavy atom. The first-order valence-electron chi connectivity index (χ1n) is 18.1. The van der Waals surface area contributed by atoms with E-state index >= 15 is 0 Å². The van der Waals surface area contributed by atoms with E-state index in [1.165, 1.54) is 17.4 Å². The van der Waals surface area contributed by atoms with E-state index in [2.05, 4.69) is 27.8 Å². The molecule has 0 aromatic carbocycles. The van der Waals surface area contributed by atoms with Gasteiger partial charge in [-0.3, -0.25) is 19.2 Å². The van der Waals surface area contributed by atoms with E-state index < -0.39 is 58.2 Å². The minimum atomic E-state index is -1.06. The Morgan fingerprint density at radius 1 is 0.875 bits per heavy atom. The molecule has 4 aliphatic rings. The number of hydrogen-bond donors (Lipinski definition) is 4. The van der Waals surface area contributed by atoms with Gasteiger partial charge in [0.1, 0.15) is 12.1 Å². The summed E-state index contributed by atoms with van der Waals surface area (Å²) in [6.45, 7) is 11.0. The Bertz CT molecular complexity index is 1200. The maximum absolute atomic E-state index is 14.2. The number of amides is 5. The summed E-state index contributed by atoms with van der Waals surface area (Å²) in [6.07, 6.45) is 13.1. The summed E-state index contributed by atoms with van der Waals surface area (Å²) in [6, 6.07) is -3.34. The molecule has 13 heteroatoms. The van der Waals surface area contributed by atoms with Crippen LogP contribution in [0.3, 0.4) is 0 Å². The van der Waals surface area contributed by atoms with Gasteiger partial charge in [-0.2, -0.15) is 0 Å². The van der Waals surface area contributed by atoms with Crippen LogP contribution in [0.4, 0.5) is 4.79 Å². The van der Waals surface area contributed by atoms with Crippen molar-refractivity contribution in [3.8, 4) is 0 Å². The number of carbonyl (C=O) groups excluding carboxylic acids is 5. The highest BCUT2D eigenvalue weighted by atomic mass is 32.2. The van der Waals surface area contributed by atoms with Gasteiger partial charge in [0.05, 0.1) is 17.0 Å². The van der Waals surface area contributed by atoms with Crippen LogP contribution in [0.5, 0.6) is 0 Å². The molecule has 5 atom stereocenters. The number of rotatable bonds is 14. The van der Waals surface area contributed by atoms with E-state index in [1.54, 1.807) is 0 Å². The highest BCUT2D eigenvalue weighted by molar-refractivity contribution is 7.82. The number of nitrogens with zero attached hydrogens (tertiary/aromatic N) is 2. The lowest BCUT2D eigenvalue weighted by Crippen LogP contribution is -2.61. The van der Waals surface area contributed by atoms with Crippen LogP contribution in [0.25, 0.3) is 0 Å². The molecule has 4 N–H and O–H groups in total. The second-order valence-electron chi connectivity index (χ2n) is 15.2. The van der Waals surface area contributed by atoms with E-state index in [-0.39, 0.29) is 30.3 Å². The zero-order chi connectivity index (χ0) is 34.8. The van der Waals surface area contributed by atoms with Gasteiger partial charge in [0, 0.05) is 38.0 Å². The lowest BCUT2D eigenvalue weighted by atomic mass is 9.80. The van der Waals surface area contributed by atoms with E-state index in [1.807, 2.05) is 25.1 Å². The molecule has 0 radical (unpaired) electrons. The van der Waals surface area contributed by atoms with Crippen molar-refractivity contribution in [1.82, 2.24) is 30.5 Å². The van der Waals surface area contributed by atoms with Crippen LogP contribution in [0.2, 0.25) is 0 Å². The van der Waals surface area contributed by atoms with Crippen LogP contribution < -0.4 is 21.3 Å². The SMILES string of the molecule is C=CCNC(=O)C(=O)C(CC1CCC1)NC(=O)[C@@H]1CCCN1C(=O)[C@@H](NC(=O)N[C@H](CN1CCCCS1=O)C1CCCCC1)C(C)(C)C. The Balaban J connectivity index is 1.44. The highest BCUT2D eigenvalue weighted by Gasteiger charge is 2.43. The molecule has 5 amide bonds. The fraction of sp³-hybridized carbons (Fsp3) is 0.800. The van der Waals surface area contributed by atoms with E-state index in [0.717, 1.165) is 64.3 Å². The molecule has 2 aliphatic carbocycles. The average Bonchev–Trinajstić information content (AvgIpc) is 3.54. The second-order valence-corrected chi connectivity index (χ2v) is 16.8. The minimum Gasteiger partial charge on any atom is -0.346 e. The van der Waals surface area contributed by atoms with Gasteiger partial charge in [-0.05, 0) is 62.2 Å². The smallest absolute Gasteiger partial charge is 0.315 e. The number of likely N-dealkylation sites (tertiary alicyclic amines) is 1. The highest BCUT2D eigenvalue weighted by Crippen LogP contribution is 2.32. The Morgan fingerprint density at radius 3 is 2.23 bits per heavy atom. The molecule has 4 rings (SSSR count). The van der Waals surface area contributed by atoms with Crippen molar-refractivity contribution < 1.29 is 28.2 Å². The Hall–Kier alpha value is -2.80. The maximum atomic E-state index is 14.2. The predicted molar refractivity (Wildman–Crippen MR) is 186 cm³/mol. The van der Waals surface area contributed by atoms with Crippen LogP contribution >= 0.6 is 0 Å². The third-order valence-corrected chi connectivity index (χ3v) is 12.0. The van der Waals surface area contributed by atoms with Crippen LogP contribution in [-0.2, 0) is 30.2 Å². The molecule has 0 aromatic heterocycles. The number of ketones is 1. The molecular formula is C35H58N6O6S. The largest absolute Gasteiger partial charge is 0.346 e. The van der Waals surface area contributed by atoms with Crippen molar-refractivity contribution in [3.05, 3.63) is 12.7 Å². The minimum absolute atomic E-state index is 0.146. The van der Waals surface area contributed by atoms with Gasteiger partial charge < -0.3 is 26.2 Å². The fourth-order valence-electron chi connectivity index (χ4n) is 7.42. The van der Waals surface area contributed by atoms with E-state index in [0.29, 0.717) is 38.1 Å². The van der Waals surface area contributed by atoms with Crippen LogP contribution in [0, 0.1) is 17.3 Å². The van der Waals surface area contributed by atoms with E-state index in [9.17, 15) is 28.2 Å². The van der Waals surface area contributed by atoms with Crippen LogP contribution in [0.15, 0.2) is 12.7 Å². The number of nitrogens with one attached hydrogen (secondary N) is 4. The first-order valence-corrected chi connectivity index (χ1v) is 19.4. The van der Waals surface area contributed by atoms with Crippen LogP contribution in [0.1, 0.15) is 104 Å². The number of carbonyl (C=O) groups is 5. The summed E-state index contributed by atoms with van der Waals surface area (Å²) in [5.74, 6) is -1.10. The average molecular weight is 691 g/mol. The van der Waals surface area contributed by atoms with Crippen LogP contribution in [-0.4, -0.2) is 99.0 Å². The van der Waals surface area contributed by atoms with Gasteiger partial charge in [0.2, 0.25) is 17.6 Å². The topological polar surface area (TPSA) is 157 Å². The molecule has 2 heterocycles. The molecule has 48 heavy (non-hydrogen) atoms. The Kier molecular flexibility index (Phi) is 14.0. The fourth-order valence-corrected chi connectivity index (χ4v) is 8.79. The molecule has 2 saturated heterocycles. The van der Waals surface area contributed by atoms with Gasteiger partial charge >= 0.3 is 6.03 Å². The molecule has 0 bridgehead atoms. The lowest BCUT2D eigenvalue weighted by Gasteiger charge is -2.38. The van der Waals surface area contributed by atoms with Gasteiger partial charge in [-0.25, -0.2) is 13.3 Å². The van der Waals surface area contributed by atoms with Gasteiger partial charge in [0.25, 0.3) is 5.91 Å². The molecule has 12 nitrogen and oxygen atoms in total. The van der Waals surface area contributed by atoms with Crippen molar-refractivity contribution >= 4 is 40.5 Å². The monoisotopic (exact) mass is 690 g/mol.